The number of methoxy groups -OCH3 is 1. The van der Waals surface area contributed by atoms with E-state index in [4.69, 9.17) is 16.3 Å². The van der Waals surface area contributed by atoms with E-state index in [-0.39, 0.29) is 17.8 Å². The van der Waals surface area contributed by atoms with E-state index in [1.54, 1.807) is 13.2 Å². The smallest absolute Gasteiger partial charge is 0.271 e. The van der Waals surface area contributed by atoms with E-state index in [9.17, 15) is 14.7 Å². The number of nitrogens with one attached hydrogen (secondary N) is 2. The van der Waals surface area contributed by atoms with Crippen LogP contribution in [0.2, 0.25) is 5.02 Å². The second kappa shape index (κ2) is 9.48. The summed E-state index contributed by atoms with van der Waals surface area (Å²) < 4.78 is 5.30. The molecule has 0 aliphatic rings. The predicted molar refractivity (Wildman–Crippen MR) is 131 cm³/mol. The lowest BCUT2D eigenvalue weighted by Crippen LogP contribution is -2.32. The first-order chi connectivity index (χ1) is 15.9. The van der Waals surface area contributed by atoms with E-state index in [0.29, 0.717) is 10.7 Å². The highest BCUT2D eigenvalue weighted by Gasteiger charge is 2.22. The van der Waals surface area contributed by atoms with Crippen molar-refractivity contribution >= 4 is 23.0 Å². The third-order valence-corrected chi connectivity index (χ3v) is 5.82. The average Bonchev–Trinajstić information content (AvgIpc) is 2.85. The van der Waals surface area contributed by atoms with Gasteiger partial charge in [0.1, 0.15) is 11.4 Å². The molecule has 2 atom stereocenters. The number of ether oxygens (including phenoxy) is 1. The first kappa shape index (κ1) is 22.6. The van der Waals surface area contributed by atoms with Crippen LogP contribution in [0.3, 0.4) is 0 Å². The molecule has 4 aromatic rings. The maximum atomic E-state index is 11.7. The maximum absolute atomic E-state index is 11.7. The molecule has 0 aliphatic heterocycles. The van der Waals surface area contributed by atoms with Gasteiger partial charge in [-0.05, 0) is 60.0 Å². The number of hydrogen-bond donors (Lipinski definition) is 3. The van der Waals surface area contributed by atoms with Gasteiger partial charge in [0.25, 0.3) is 10.9 Å². The molecule has 0 aliphatic carbocycles. The van der Waals surface area contributed by atoms with Crippen LogP contribution in [0.25, 0.3) is 0 Å². The molecule has 7 heteroatoms. The van der Waals surface area contributed by atoms with Crippen molar-refractivity contribution < 1.29 is 9.84 Å². The number of anilines is 2. The predicted octanol–water partition coefficient (Wildman–Crippen LogP) is 4.83. The first-order valence-corrected chi connectivity index (χ1v) is 10.8. The lowest BCUT2D eigenvalue weighted by atomic mass is 9.96. The molecule has 168 valence electrons. The Morgan fingerprint density at radius 3 is 2.24 bits per heavy atom. The minimum Gasteiger partial charge on any atom is -0.502 e. The van der Waals surface area contributed by atoms with Gasteiger partial charge in [0, 0.05) is 16.8 Å². The Bertz CT molecular complexity index is 1340. The van der Waals surface area contributed by atoms with Crippen LogP contribution in [-0.4, -0.2) is 12.2 Å². The van der Waals surface area contributed by atoms with Gasteiger partial charge in [-0.15, -0.1) is 0 Å². The summed E-state index contributed by atoms with van der Waals surface area (Å²) >= 11 is 6.19. The molecule has 3 N–H and O–H groups in total. The summed E-state index contributed by atoms with van der Waals surface area (Å²) in [6, 6.07) is 22.7. The van der Waals surface area contributed by atoms with Crippen molar-refractivity contribution in [1.82, 2.24) is 5.32 Å². The Morgan fingerprint density at radius 1 is 0.879 bits per heavy atom. The van der Waals surface area contributed by atoms with Gasteiger partial charge in [-0.3, -0.25) is 14.9 Å². The fraction of sp³-hybridized carbons (Fsp3) is 0.154. The van der Waals surface area contributed by atoms with Crippen LogP contribution in [-0.2, 0) is 0 Å². The second-order valence-corrected chi connectivity index (χ2v) is 8.22. The molecule has 33 heavy (non-hydrogen) atoms. The highest BCUT2D eigenvalue weighted by molar-refractivity contribution is 6.30. The van der Waals surface area contributed by atoms with Crippen molar-refractivity contribution in [2.45, 2.75) is 19.0 Å². The molecule has 4 aromatic carbocycles. The molecule has 4 rings (SSSR count). The molecule has 0 aromatic heterocycles. The second-order valence-electron chi connectivity index (χ2n) is 7.78. The number of aromatic hydroxyl groups is 1. The summed E-state index contributed by atoms with van der Waals surface area (Å²) in [4.78, 5) is 23.1. The molecule has 0 radical (unpaired) electrons. The van der Waals surface area contributed by atoms with Gasteiger partial charge in [-0.2, -0.15) is 0 Å². The number of hydrogen-bond acceptors (Lipinski definition) is 6. The van der Waals surface area contributed by atoms with Crippen molar-refractivity contribution in [3.63, 3.8) is 0 Å². The SMILES string of the molecule is COc1ccc(C(NC(C)c2cccc(Cl)c2)c2cccc(Nc3c(O)c(=O)c3=O)c2)cc1. The van der Waals surface area contributed by atoms with Crippen LogP contribution in [0.4, 0.5) is 11.4 Å². The van der Waals surface area contributed by atoms with Crippen molar-refractivity contribution in [1.29, 1.82) is 0 Å². The van der Waals surface area contributed by atoms with Crippen molar-refractivity contribution in [3.8, 4) is 11.5 Å². The Balaban J connectivity index is 1.68. The van der Waals surface area contributed by atoms with E-state index in [2.05, 4.69) is 17.6 Å². The first-order valence-electron chi connectivity index (χ1n) is 10.4. The average molecular weight is 463 g/mol. The molecular formula is C26H23ClN2O4. The molecule has 6 nitrogen and oxygen atoms in total. The monoisotopic (exact) mass is 462 g/mol. The lowest BCUT2D eigenvalue weighted by Gasteiger charge is -2.25. The number of benzene rings is 3. The number of halogens is 1. The topological polar surface area (TPSA) is 87.7 Å². The zero-order valence-corrected chi connectivity index (χ0v) is 18.9. The van der Waals surface area contributed by atoms with Crippen LogP contribution >= 0.6 is 11.6 Å². The zero-order chi connectivity index (χ0) is 23.5. The summed E-state index contributed by atoms with van der Waals surface area (Å²) in [5.74, 6) is 0.219. The van der Waals surface area contributed by atoms with E-state index in [1.165, 1.54) is 0 Å². The molecule has 2 unspecified atom stereocenters. The summed E-state index contributed by atoms with van der Waals surface area (Å²) in [6.45, 7) is 2.06. The Morgan fingerprint density at radius 2 is 1.58 bits per heavy atom. The maximum Gasteiger partial charge on any atom is 0.271 e. The lowest BCUT2D eigenvalue weighted by molar-refractivity contribution is 0.414. The van der Waals surface area contributed by atoms with Gasteiger partial charge in [0.2, 0.25) is 0 Å². The van der Waals surface area contributed by atoms with E-state index < -0.39 is 16.6 Å². The van der Waals surface area contributed by atoms with Crippen molar-refractivity contribution in [2.75, 3.05) is 12.4 Å². The van der Waals surface area contributed by atoms with Crippen LogP contribution in [0.5, 0.6) is 11.5 Å². The van der Waals surface area contributed by atoms with Gasteiger partial charge in [0.15, 0.2) is 5.75 Å². The minimum absolute atomic E-state index is 0.0231. The molecule has 0 saturated heterocycles. The van der Waals surface area contributed by atoms with Gasteiger partial charge >= 0.3 is 0 Å². The largest absolute Gasteiger partial charge is 0.502 e. The number of rotatable bonds is 8. The molecular weight excluding hydrogens is 440 g/mol. The van der Waals surface area contributed by atoms with E-state index in [1.807, 2.05) is 66.7 Å². The van der Waals surface area contributed by atoms with E-state index >= 15 is 0 Å². The highest BCUT2D eigenvalue weighted by Crippen LogP contribution is 2.31. The van der Waals surface area contributed by atoms with Crippen LogP contribution in [0, 0.1) is 0 Å². The quantitative estimate of drug-likeness (QED) is 0.325. The molecule has 0 amide bonds. The fourth-order valence-corrected chi connectivity index (χ4v) is 3.94. The van der Waals surface area contributed by atoms with Gasteiger partial charge in [-0.1, -0.05) is 48.0 Å². The highest BCUT2D eigenvalue weighted by atomic mass is 35.5. The Labute approximate surface area is 196 Å². The molecule has 0 fully saturated rings. The van der Waals surface area contributed by atoms with Gasteiger partial charge in [0.05, 0.1) is 13.2 Å². The van der Waals surface area contributed by atoms with Gasteiger partial charge < -0.3 is 15.2 Å². The minimum atomic E-state index is -0.873. The Hall–Kier alpha value is -3.61. The molecule has 0 bridgehead atoms. The van der Waals surface area contributed by atoms with Crippen LogP contribution in [0.15, 0.2) is 82.4 Å². The standard InChI is InChI=1S/C26H23ClN2O4/c1-15(17-5-3-7-19(27)13-17)28-22(16-9-11-21(33-2)12-10-16)18-6-4-8-20(14-18)29-23-24(30)26(32)25(23)31/h3-15,22,28-30H,1-2H3. The van der Waals surface area contributed by atoms with Crippen molar-refractivity contribution in [3.05, 3.63) is 115 Å². The summed E-state index contributed by atoms with van der Waals surface area (Å²) in [5.41, 5.74) is 1.89. The third kappa shape index (κ3) is 4.77. The van der Waals surface area contributed by atoms with Crippen LogP contribution in [0.1, 0.15) is 35.7 Å². The van der Waals surface area contributed by atoms with E-state index in [0.717, 1.165) is 22.4 Å². The molecule has 0 spiro atoms. The summed E-state index contributed by atoms with van der Waals surface area (Å²) in [7, 11) is 1.62. The summed E-state index contributed by atoms with van der Waals surface area (Å²) in [5, 5.41) is 16.9. The molecule has 0 saturated carbocycles. The third-order valence-electron chi connectivity index (χ3n) is 5.59. The van der Waals surface area contributed by atoms with Gasteiger partial charge in [-0.25, -0.2) is 0 Å². The molecule has 0 heterocycles. The normalized spacial score (nSPS) is 12.9. The van der Waals surface area contributed by atoms with Crippen molar-refractivity contribution in [2.24, 2.45) is 0 Å². The fourth-order valence-electron chi connectivity index (χ4n) is 3.74. The van der Waals surface area contributed by atoms with Crippen LogP contribution < -0.4 is 26.2 Å². The summed E-state index contributed by atoms with van der Waals surface area (Å²) in [6.07, 6.45) is 0. The zero-order valence-electron chi connectivity index (χ0n) is 18.1. The Kier molecular flexibility index (Phi) is 6.49.